The lowest BCUT2D eigenvalue weighted by Gasteiger charge is -2.08. The fourth-order valence-electron chi connectivity index (χ4n) is 2.34. The first-order valence-corrected chi connectivity index (χ1v) is 7.56. The van der Waals surface area contributed by atoms with Crippen LogP contribution in [0.3, 0.4) is 0 Å². The van der Waals surface area contributed by atoms with Gasteiger partial charge in [0.2, 0.25) is 0 Å². The second kappa shape index (κ2) is 7.29. The molecule has 3 aromatic rings. The maximum atomic E-state index is 11.3. The zero-order chi connectivity index (χ0) is 16.8. The van der Waals surface area contributed by atoms with Gasteiger partial charge in [-0.15, -0.1) is 0 Å². The molecule has 0 saturated heterocycles. The van der Waals surface area contributed by atoms with E-state index < -0.39 is 5.97 Å². The number of hydrogen-bond donors (Lipinski definition) is 1. The number of carboxylic acid groups (broad SMARTS) is 1. The minimum Gasteiger partial charge on any atom is -0.478 e. The molecule has 0 amide bonds. The lowest BCUT2D eigenvalue weighted by molar-refractivity contribution is 0.0696. The summed E-state index contributed by atoms with van der Waals surface area (Å²) >= 11 is 0. The summed E-state index contributed by atoms with van der Waals surface area (Å²) in [6.45, 7) is 0. The van der Waals surface area contributed by atoms with Gasteiger partial charge in [-0.2, -0.15) is 0 Å². The molecule has 0 saturated carbocycles. The van der Waals surface area contributed by atoms with Crippen LogP contribution in [0.2, 0.25) is 0 Å². The fraction of sp³-hybridized carbons (Fsp3) is 0. The fourth-order valence-corrected chi connectivity index (χ4v) is 2.34. The first-order chi connectivity index (χ1) is 11.7. The van der Waals surface area contributed by atoms with E-state index >= 15 is 0 Å². The van der Waals surface area contributed by atoms with Crippen molar-refractivity contribution in [2.75, 3.05) is 0 Å². The second-order valence-corrected chi connectivity index (χ2v) is 5.18. The van der Waals surface area contributed by atoms with Gasteiger partial charge in [-0.05, 0) is 29.8 Å². The molecule has 0 spiro atoms. The molecule has 118 valence electrons. The highest BCUT2D eigenvalue weighted by Crippen LogP contribution is 2.26. The third-order valence-electron chi connectivity index (χ3n) is 3.52. The van der Waals surface area contributed by atoms with Gasteiger partial charge in [-0.1, -0.05) is 66.7 Å². The number of hydrogen-bond acceptors (Lipinski definition) is 2. The summed E-state index contributed by atoms with van der Waals surface area (Å²) in [7, 11) is 0. The zero-order valence-electron chi connectivity index (χ0n) is 12.9. The van der Waals surface area contributed by atoms with Crippen molar-refractivity contribution < 1.29 is 14.6 Å². The average molecular weight is 316 g/mol. The first kappa shape index (κ1) is 15.6. The van der Waals surface area contributed by atoms with Crippen molar-refractivity contribution in [3.8, 4) is 11.5 Å². The van der Waals surface area contributed by atoms with Crippen LogP contribution in [0.15, 0.2) is 78.9 Å². The van der Waals surface area contributed by atoms with Crippen LogP contribution in [0.25, 0.3) is 12.2 Å². The molecular formula is C21H16O3. The number of ether oxygens (including phenoxy) is 1. The molecular weight excluding hydrogens is 300 g/mol. The number of carbonyl (C=O) groups is 1. The number of para-hydroxylation sites is 2. The van der Waals surface area contributed by atoms with Crippen LogP contribution in [0, 0.1) is 0 Å². The van der Waals surface area contributed by atoms with Gasteiger partial charge in [0.15, 0.2) is 0 Å². The second-order valence-electron chi connectivity index (χ2n) is 5.18. The average Bonchev–Trinajstić information content (AvgIpc) is 2.62. The van der Waals surface area contributed by atoms with E-state index in [9.17, 15) is 9.90 Å². The van der Waals surface area contributed by atoms with Gasteiger partial charge in [0.1, 0.15) is 11.5 Å². The Balaban J connectivity index is 1.90. The Labute approximate surface area is 140 Å². The summed E-state index contributed by atoms with van der Waals surface area (Å²) in [5.41, 5.74) is 1.80. The molecule has 24 heavy (non-hydrogen) atoms. The molecule has 0 bridgehead atoms. The van der Waals surface area contributed by atoms with Gasteiger partial charge in [-0.25, -0.2) is 4.79 Å². The molecule has 0 aromatic heterocycles. The van der Waals surface area contributed by atoms with Gasteiger partial charge >= 0.3 is 5.97 Å². The molecule has 3 nitrogen and oxygen atoms in total. The Morgan fingerprint density at radius 2 is 1.33 bits per heavy atom. The quantitative estimate of drug-likeness (QED) is 0.646. The van der Waals surface area contributed by atoms with Crippen LogP contribution < -0.4 is 4.74 Å². The normalized spacial score (nSPS) is 10.7. The first-order valence-electron chi connectivity index (χ1n) is 7.56. The Hall–Kier alpha value is -3.33. The highest BCUT2D eigenvalue weighted by Gasteiger charge is 2.07. The van der Waals surface area contributed by atoms with E-state index in [2.05, 4.69) is 0 Å². The van der Waals surface area contributed by atoms with Crippen molar-refractivity contribution in [2.45, 2.75) is 0 Å². The molecule has 1 N–H and O–H groups in total. The molecule has 0 fully saturated rings. The van der Waals surface area contributed by atoms with E-state index in [1.54, 1.807) is 24.3 Å². The van der Waals surface area contributed by atoms with Crippen molar-refractivity contribution in [3.63, 3.8) is 0 Å². The Morgan fingerprint density at radius 3 is 2.08 bits per heavy atom. The van der Waals surface area contributed by atoms with Crippen molar-refractivity contribution in [2.24, 2.45) is 0 Å². The SMILES string of the molecule is O=C(O)c1ccccc1/C=C/c1ccccc1Oc1ccccc1. The highest BCUT2D eigenvalue weighted by atomic mass is 16.5. The van der Waals surface area contributed by atoms with E-state index in [0.29, 0.717) is 11.3 Å². The van der Waals surface area contributed by atoms with Crippen molar-refractivity contribution in [3.05, 3.63) is 95.6 Å². The predicted molar refractivity (Wildman–Crippen MR) is 95.3 cm³/mol. The van der Waals surface area contributed by atoms with E-state index in [4.69, 9.17) is 4.74 Å². The van der Waals surface area contributed by atoms with Crippen LogP contribution in [-0.4, -0.2) is 11.1 Å². The topological polar surface area (TPSA) is 46.5 Å². The molecule has 0 atom stereocenters. The largest absolute Gasteiger partial charge is 0.478 e. The molecule has 3 rings (SSSR count). The molecule has 0 radical (unpaired) electrons. The lowest BCUT2D eigenvalue weighted by atomic mass is 10.1. The van der Waals surface area contributed by atoms with Crippen molar-refractivity contribution in [1.82, 2.24) is 0 Å². The van der Waals surface area contributed by atoms with E-state index in [-0.39, 0.29) is 5.56 Å². The molecule has 0 aliphatic rings. The standard InChI is InChI=1S/C21H16O3/c22-21(23)19-12-6-4-8-16(19)14-15-17-9-5-7-13-20(17)24-18-10-2-1-3-11-18/h1-15H,(H,22,23)/b15-14+. The number of carboxylic acids is 1. The molecule has 0 aliphatic heterocycles. The van der Waals surface area contributed by atoms with Crippen molar-refractivity contribution in [1.29, 1.82) is 0 Å². The summed E-state index contributed by atoms with van der Waals surface area (Å²) in [6, 6.07) is 24.1. The molecule has 3 heteroatoms. The van der Waals surface area contributed by atoms with Gasteiger partial charge in [0.25, 0.3) is 0 Å². The van der Waals surface area contributed by atoms with Gasteiger partial charge in [-0.3, -0.25) is 0 Å². The zero-order valence-corrected chi connectivity index (χ0v) is 12.9. The van der Waals surface area contributed by atoms with Gasteiger partial charge < -0.3 is 9.84 Å². The summed E-state index contributed by atoms with van der Waals surface area (Å²) in [4.78, 5) is 11.3. The molecule has 0 aliphatic carbocycles. The summed E-state index contributed by atoms with van der Waals surface area (Å²) < 4.78 is 5.91. The Morgan fingerprint density at radius 1 is 0.750 bits per heavy atom. The van der Waals surface area contributed by atoms with Crippen molar-refractivity contribution >= 4 is 18.1 Å². The van der Waals surface area contributed by atoms with Crippen LogP contribution in [0.4, 0.5) is 0 Å². The smallest absolute Gasteiger partial charge is 0.336 e. The molecule has 0 unspecified atom stereocenters. The van der Waals surface area contributed by atoms with E-state index in [0.717, 1.165) is 11.3 Å². The van der Waals surface area contributed by atoms with Gasteiger partial charge in [0, 0.05) is 5.56 Å². The van der Waals surface area contributed by atoms with E-state index in [1.165, 1.54) is 0 Å². The van der Waals surface area contributed by atoms with Crippen LogP contribution in [-0.2, 0) is 0 Å². The van der Waals surface area contributed by atoms with Crippen LogP contribution in [0.1, 0.15) is 21.5 Å². The Kier molecular flexibility index (Phi) is 4.73. The number of aromatic carboxylic acids is 1. The molecule has 0 heterocycles. The third kappa shape index (κ3) is 3.70. The summed E-state index contributed by atoms with van der Waals surface area (Å²) in [6.07, 6.45) is 3.65. The minimum absolute atomic E-state index is 0.273. The van der Waals surface area contributed by atoms with Crippen LogP contribution >= 0.6 is 0 Å². The molecule has 3 aromatic carbocycles. The summed E-state index contributed by atoms with van der Waals surface area (Å²) in [5.74, 6) is 0.529. The van der Waals surface area contributed by atoms with Crippen LogP contribution in [0.5, 0.6) is 11.5 Å². The van der Waals surface area contributed by atoms with Gasteiger partial charge in [0.05, 0.1) is 5.56 Å². The predicted octanol–water partition coefficient (Wildman–Crippen LogP) is 5.35. The minimum atomic E-state index is -0.941. The monoisotopic (exact) mass is 316 g/mol. The number of benzene rings is 3. The lowest BCUT2D eigenvalue weighted by Crippen LogP contribution is -1.98. The maximum Gasteiger partial charge on any atom is 0.336 e. The Bertz CT molecular complexity index is 867. The summed E-state index contributed by atoms with van der Waals surface area (Å²) in [5, 5.41) is 9.25. The number of rotatable bonds is 5. The highest BCUT2D eigenvalue weighted by molar-refractivity contribution is 5.93. The van der Waals surface area contributed by atoms with E-state index in [1.807, 2.05) is 66.7 Å². The third-order valence-corrected chi connectivity index (χ3v) is 3.52. The maximum absolute atomic E-state index is 11.3.